The van der Waals surface area contributed by atoms with Gasteiger partial charge in [-0.2, -0.15) is 5.10 Å². The van der Waals surface area contributed by atoms with Crippen molar-refractivity contribution in [3.63, 3.8) is 0 Å². The summed E-state index contributed by atoms with van der Waals surface area (Å²) in [5.74, 6) is -0.951. The minimum atomic E-state index is -1.13. The van der Waals surface area contributed by atoms with E-state index in [9.17, 15) is 14.3 Å². The van der Waals surface area contributed by atoms with Crippen molar-refractivity contribution in [1.29, 1.82) is 0 Å². The molecule has 42 heavy (non-hydrogen) atoms. The number of rotatable bonds is 10. The van der Waals surface area contributed by atoms with Crippen LogP contribution in [0.2, 0.25) is 5.02 Å². The van der Waals surface area contributed by atoms with Crippen LogP contribution in [0.1, 0.15) is 64.4 Å². The summed E-state index contributed by atoms with van der Waals surface area (Å²) in [5.41, 5.74) is 4.55. The van der Waals surface area contributed by atoms with Gasteiger partial charge < -0.3 is 18.8 Å². The highest BCUT2D eigenvalue weighted by atomic mass is 35.5. The third-order valence-corrected chi connectivity index (χ3v) is 7.95. The van der Waals surface area contributed by atoms with E-state index in [1.54, 1.807) is 24.5 Å². The second kappa shape index (κ2) is 11.9. The third-order valence-electron chi connectivity index (χ3n) is 7.71. The molecule has 4 aromatic heterocycles. The zero-order valence-electron chi connectivity index (χ0n) is 23.0. The van der Waals surface area contributed by atoms with Gasteiger partial charge in [0.25, 0.3) is 0 Å². The first-order chi connectivity index (χ1) is 20.4. The van der Waals surface area contributed by atoms with Crippen molar-refractivity contribution in [1.82, 2.24) is 29.0 Å². The summed E-state index contributed by atoms with van der Waals surface area (Å²) < 4.78 is 29.2. The Morgan fingerprint density at radius 2 is 2.07 bits per heavy atom. The summed E-state index contributed by atoms with van der Waals surface area (Å²) in [6.07, 6.45) is 7.37. The lowest BCUT2D eigenvalue weighted by Gasteiger charge is -2.31. The van der Waals surface area contributed by atoms with Crippen LogP contribution in [0.5, 0.6) is 5.88 Å². The Labute approximate surface area is 246 Å². The van der Waals surface area contributed by atoms with E-state index >= 15 is 0 Å². The van der Waals surface area contributed by atoms with E-state index in [1.807, 2.05) is 18.3 Å². The van der Waals surface area contributed by atoms with Gasteiger partial charge in [0.05, 0.1) is 18.2 Å². The molecule has 1 aliphatic rings. The number of ether oxygens (including phenoxy) is 1. The molecular weight excluding hydrogens is 563 g/mol. The molecule has 1 fully saturated rings. The van der Waals surface area contributed by atoms with Crippen LogP contribution in [-0.4, -0.2) is 53.2 Å². The van der Waals surface area contributed by atoms with Gasteiger partial charge in [0.15, 0.2) is 0 Å². The van der Waals surface area contributed by atoms with Crippen LogP contribution in [-0.2, 0) is 26.1 Å². The average Bonchev–Trinajstić information content (AvgIpc) is 3.69. The van der Waals surface area contributed by atoms with Crippen molar-refractivity contribution in [2.75, 3.05) is 13.1 Å². The lowest BCUT2D eigenvalue weighted by molar-refractivity contribution is 0.0665. The summed E-state index contributed by atoms with van der Waals surface area (Å²) in [6, 6.07) is 10.2. The second-order valence-corrected chi connectivity index (χ2v) is 10.8. The summed E-state index contributed by atoms with van der Waals surface area (Å²) in [7, 11) is 0. The van der Waals surface area contributed by atoms with Crippen LogP contribution < -0.4 is 4.74 Å². The predicted molar refractivity (Wildman–Crippen MR) is 152 cm³/mol. The smallest absolute Gasteiger partial charge is 0.373 e. The number of aromatic carboxylic acids is 1. The Balaban J connectivity index is 1.12. The molecule has 1 saturated heterocycles. The minimum absolute atomic E-state index is 0.0702. The first kappa shape index (κ1) is 27.9. The number of carbonyl (C=O) groups is 1. The largest absolute Gasteiger partial charge is 0.475 e. The highest BCUT2D eigenvalue weighted by Gasteiger charge is 2.26. The van der Waals surface area contributed by atoms with Gasteiger partial charge in [-0.05, 0) is 51.1 Å². The molecule has 1 aromatic carbocycles. The number of aromatic nitrogens is 5. The number of hydrogen-bond acceptors (Lipinski definition) is 7. The van der Waals surface area contributed by atoms with Crippen LogP contribution in [0.15, 0.2) is 59.5 Å². The molecule has 0 radical (unpaired) electrons. The van der Waals surface area contributed by atoms with Gasteiger partial charge in [0, 0.05) is 65.2 Å². The lowest BCUT2D eigenvalue weighted by atomic mass is 9.93. The normalized spacial score (nSPS) is 14.5. The number of likely N-dealkylation sites (tertiary alicyclic amines) is 1. The monoisotopic (exact) mass is 592 g/mol. The van der Waals surface area contributed by atoms with Gasteiger partial charge in [-0.3, -0.25) is 4.90 Å². The summed E-state index contributed by atoms with van der Waals surface area (Å²) in [6.45, 7) is 5.21. The summed E-state index contributed by atoms with van der Waals surface area (Å²) in [5, 5.41) is 14.5. The molecule has 10 nitrogen and oxygen atoms in total. The standard InChI is InChI=1S/C30H30ClFN6O4/c1-2-37-18-33-14-22(37)13-23-26(35-38-16-27(30(39)40)42-29(23)38)15-36-10-8-19(9-11-36)25-4-3-5-28(34-25)41-17-20-6-7-21(31)12-24(20)32/h3-7,12,14,16,18-19H,2,8-11,13,15,17H2,1H3,(H,39,40). The molecule has 0 unspecified atom stereocenters. The van der Waals surface area contributed by atoms with Crippen LogP contribution in [0.3, 0.4) is 0 Å². The molecule has 0 bridgehead atoms. The Hall–Kier alpha value is -4.22. The van der Waals surface area contributed by atoms with Gasteiger partial charge >= 0.3 is 5.97 Å². The number of aryl methyl sites for hydroxylation is 1. The van der Waals surface area contributed by atoms with Crippen LogP contribution in [0.25, 0.3) is 5.71 Å². The maximum Gasteiger partial charge on any atom is 0.373 e. The lowest BCUT2D eigenvalue weighted by Crippen LogP contribution is -2.33. The number of pyridine rings is 1. The van der Waals surface area contributed by atoms with Crippen LogP contribution >= 0.6 is 11.6 Å². The number of carboxylic acid groups (broad SMARTS) is 1. The van der Waals surface area contributed by atoms with Crippen molar-refractivity contribution in [2.24, 2.45) is 0 Å². The average molecular weight is 593 g/mol. The predicted octanol–water partition coefficient (Wildman–Crippen LogP) is 5.58. The Bertz CT molecular complexity index is 1720. The second-order valence-electron chi connectivity index (χ2n) is 10.4. The van der Waals surface area contributed by atoms with E-state index in [2.05, 4.69) is 21.4 Å². The van der Waals surface area contributed by atoms with Crippen molar-refractivity contribution in [3.05, 3.63) is 99.9 Å². The van der Waals surface area contributed by atoms with E-state index < -0.39 is 11.8 Å². The Kier molecular flexibility index (Phi) is 7.94. The molecule has 0 aliphatic carbocycles. The van der Waals surface area contributed by atoms with Gasteiger partial charge in [-0.25, -0.2) is 23.7 Å². The van der Waals surface area contributed by atoms with E-state index in [0.29, 0.717) is 35.1 Å². The third kappa shape index (κ3) is 5.88. The number of hydrogen-bond donors (Lipinski definition) is 1. The van der Waals surface area contributed by atoms with E-state index in [-0.39, 0.29) is 18.3 Å². The zero-order valence-corrected chi connectivity index (χ0v) is 23.8. The minimum Gasteiger partial charge on any atom is -0.475 e. The molecule has 1 aliphatic heterocycles. The highest BCUT2D eigenvalue weighted by molar-refractivity contribution is 6.30. The fraction of sp³-hybridized carbons (Fsp3) is 0.333. The molecule has 6 rings (SSSR count). The van der Waals surface area contributed by atoms with Gasteiger partial charge in [0.2, 0.25) is 17.4 Å². The molecule has 5 aromatic rings. The molecule has 0 atom stereocenters. The number of nitrogens with zero attached hydrogens (tertiary/aromatic N) is 6. The maximum absolute atomic E-state index is 14.1. The number of piperidine rings is 1. The van der Waals surface area contributed by atoms with Crippen molar-refractivity contribution >= 4 is 23.3 Å². The fourth-order valence-corrected chi connectivity index (χ4v) is 5.59. The van der Waals surface area contributed by atoms with Crippen LogP contribution in [0.4, 0.5) is 4.39 Å². The first-order valence-electron chi connectivity index (χ1n) is 13.9. The number of carboxylic acids is 1. The molecular formula is C30H30ClFN6O4. The Morgan fingerprint density at radius 3 is 2.83 bits per heavy atom. The van der Waals surface area contributed by atoms with Crippen LogP contribution in [0, 0.1) is 5.82 Å². The molecule has 1 N–H and O–H groups in total. The number of benzene rings is 1. The SMILES string of the molecule is CCn1cncc1Cc1c(CN2CCC(c3cccc(OCc4ccc(Cl)cc4F)n3)CC2)nn2cc(C(=O)O)oc12. The maximum atomic E-state index is 14.1. The highest BCUT2D eigenvalue weighted by Crippen LogP contribution is 2.30. The number of imidazole rings is 1. The van der Waals surface area contributed by atoms with Gasteiger partial charge in [-0.15, -0.1) is 0 Å². The van der Waals surface area contributed by atoms with Gasteiger partial charge in [-0.1, -0.05) is 23.7 Å². The van der Waals surface area contributed by atoms with E-state index in [1.165, 1.54) is 16.8 Å². The molecule has 218 valence electrons. The van der Waals surface area contributed by atoms with Gasteiger partial charge in [0.1, 0.15) is 12.4 Å². The molecule has 12 heteroatoms. The molecule has 0 saturated carbocycles. The Morgan fingerprint density at radius 1 is 1.24 bits per heavy atom. The molecule has 0 spiro atoms. The number of oxazole rings is 1. The topological polar surface area (TPSA) is 111 Å². The number of halogens is 2. The fourth-order valence-electron chi connectivity index (χ4n) is 5.43. The van der Waals surface area contributed by atoms with Crippen molar-refractivity contribution < 1.29 is 23.4 Å². The van der Waals surface area contributed by atoms with E-state index in [0.717, 1.165) is 55.1 Å². The molecule has 5 heterocycles. The number of fused-ring (bicyclic) bond motifs is 1. The first-order valence-corrected chi connectivity index (χ1v) is 14.2. The zero-order chi connectivity index (χ0) is 29.2. The summed E-state index contributed by atoms with van der Waals surface area (Å²) in [4.78, 5) is 22.8. The van der Waals surface area contributed by atoms with Crippen molar-refractivity contribution in [3.8, 4) is 5.88 Å². The van der Waals surface area contributed by atoms with E-state index in [4.69, 9.17) is 30.8 Å². The quantitative estimate of drug-likeness (QED) is 0.224. The van der Waals surface area contributed by atoms with Crippen molar-refractivity contribution in [2.45, 2.75) is 51.8 Å². The summed E-state index contributed by atoms with van der Waals surface area (Å²) >= 11 is 5.84. The molecule has 0 amide bonds.